The molecule has 0 fully saturated rings. The van der Waals surface area contributed by atoms with E-state index in [9.17, 15) is 9.59 Å². The van der Waals surface area contributed by atoms with Gasteiger partial charge in [0.2, 0.25) is 5.91 Å². The molecule has 0 radical (unpaired) electrons. The zero-order valence-electron chi connectivity index (χ0n) is 11.8. The van der Waals surface area contributed by atoms with Gasteiger partial charge in [-0.25, -0.2) is 0 Å². The molecule has 0 aliphatic rings. The molecule has 22 heavy (non-hydrogen) atoms. The quantitative estimate of drug-likeness (QED) is 0.731. The largest absolute Gasteiger partial charge is 0.343 e. The number of hydrogen-bond acceptors (Lipinski definition) is 2. The van der Waals surface area contributed by atoms with Crippen molar-refractivity contribution >= 4 is 51.7 Å². The van der Waals surface area contributed by atoms with Gasteiger partial charge in [0.25, 0.3) is 5.91 Å². The zero-order chi connectivity index (χ0) is 16.1. The predicted molar refractivity (Wildman–Crippen MR) is 96.3 cm³/mol. The van der Waals surface area contributed by atoms with Gasteiger partial charge in [0.1, 0.15) is 0 Å². The highest BCUT2D eigenvalue weighted by Crippen LogP contribution is 2.19. The van der Waals surface area contributed by atoms with Crippen molar-refractivity contribution in [2.75, 3.05) is 11.9 Å². The summed E-state index contributed by atoms with van der Waals surface area (Å²) in [6, 6.07) is 12.4. The molecular weight excluding hydrogens is 415 g/mol. The lowest BCUT2D eigenvalue weighted by molar-refractivity contribution is -0.115. The monoisotopic (exact) mass is 428 g/mol. The van der Waals surface area contributed by atoms with E-state index in [1.165, 1.54) is 0 Å². The van der Waals surface area contributed by atoms with Crippen LogP contribution in [0.5, 0.6) is 0 Å². The molecule has 0 aliphatic heterocycles. The van der Waals surface area contributed by atoms with Crippen molar-refractivity contribution in [3.05, 3.63) is 62.2 Å². The summed E-state index contributed by atoms with van der Waals surface area (Å²) in [5.41, 5.74) is 2.10. The molecule has 2 aromatic rings. The highest BCUT2D eigenvalue weighted by atomic mass is 127. The van der Waals surface area contributed by atoms with Crippen molar-refractivity contribution in [1.29, 1.82) is 0 Å². The molecule has 2 rings (SSSR count). The minimum Gasteiger partial charge on any atom is -0.343 e. The van der Waals surface area contributed by atoms with Crippen LogP contribution in [0.2, 0.25) is 5.02 Å². The number of aryl methyl sites for hydroxylation is 1. The molecular formula is C16H14ClIN2O2. The van der Waals surface area contributed by atoms with Crippen molar-refractivity contribution in [2.24, 2.45) is 0 Å². The fourth-order valence-corrected chi connectivity index (χ4v) is 2.72. The van der Waals surface area contributed by atoms with Crippen LogP contribution in [0.4, 0.5) is 5.69 Å². The van der Waals surface area contributed by atoms with Crippen molar-refractivity contribution in [1.82, 2.24) is 5.32 Å². The van der Waals surface area contributed by atoms with Gasteiger partial charge in [-0.15, -0.1) is 0 Å². The van der Waals surface area contributed by atoms with Gasteiger partial charge >= 0.3 is 0 Å². The van der Waals surface area contributed by atoms with Crippen LogP contribution in [0, 0.1) is 10.5 Å². The van der Waals surface area contributed by atoms with Crippen LogP contribution < -0.4 is 10.6 Å². The summed E-state index contributed by atoms with van der Waals surface area (Å²) in [7, 11) is 0. The molecule has 0 aliphatic carbocycles. The highest BCUT2D eigenvalue weighted by Gasteiger charge is 2.11. The zero-order valence-corrected chi connectivity index (χ0v) is 14.7. The summed E-state index contributed by atoms with van der Waals surface area (Å²) >= 11 is 7.95. The third-order valence-electron chi connectivity index (χ3n) is 2.99. The van der Waals surface area contributed by atoms with Crippen LogP contribution in [-0.4, -0.2) is 18.4 Å². The molecule has 0 saturated carbocycles. The molecule has 0 saturated heterocycles. The number of amides is 2. The summed E-state index contributed by atoms with van der Waals surface area (Å²) in [5.74, 6) is -0.558. The topological polar surface area (TPSA) is 58.2 Å². The molecule has 0 aromatic heterocycles. The number of carbonyl (C=O) groups is 2. The number of nitrogens with one attached hydrogen (secondary N) is 2. The fourth-order valence-electron chi connectivity index (χ4n) is 1.86. The van der Waals surface area contributed by atoms with Crippen LogP contribution in [0.25, 0.3) is 0 Å². The van der Waals surface area contributed by atoms with Gasteiger partial charge in [0, 0.05) is 14.3 Å². The van der Waals surface area contributed by atoms with Crippen LogP contribution in [0.1, 0.15) is 15.9 Å². The lowest BCUT2D eigenvalue weighted by Crippen LogP contribution is -2.33. The van der Waals surface area contributed by atoms with Crippen LogP contribution in [-0.2, 0) is 4.79 Å². The van der Waals surface area contributed by atoms with E-state index in [4.69, 9.17) is 11.6 Å². The Hall–Kier alpha value is -1.60. The van der Waals surface area contributed by atoms with E-state index in [-0.39, 0.29) is 18.4 Å². The first-order chi connectivity index (χ1) is 10.5. The maximum atomic E-state index is 12.0. The Morgan fingerprint density at radius 3 is 2.59 bits per heavy atom. The molecule has 2 N–H and O–H groups in total. The Kier molecular flexibility index (Phi) is 5.79. The van der Waals surface area contributed by atoms with Crippen LogP contribution in [0.3, 0.4) is 0 Å². The van der Waals surface area contributed by atoms with Gasteiger partial charge in [-0.05, 0) is 65.4 Å². The summed E-state index contributed by atoms with van der Waals surface area (Å²) in [6.45, 7) is 1.76. The first-order valence-corrected chi connectivity index (χ1v) is 8.02. The average Bonchev–Trinajstić information content (AvgIpc) is 2.48. The SMILES string of the molecule is Cc1cc(Cl)ccc1NC(=O)CNC(=O)c1ccccc1I. The second-order valence-electron chi connectivity index (χ2n) is 4.67. The van der Waals surface area contributed by atoms with E-state index < -0.39 is 0 Å². The highest BCUT2D eigenvalue weighted by molar-refractivity contribution is 14.1. The number of carbonyl (C=O) groups excluding carboxylic acids is 2. The van der Waals surface area contributed by atoms with Crippen molar-refractivity contribution in [3.8, 4) is 0 Å². The summed E-state index contributed by atoms with van der Waals surface area (Å²) in [5, 5.41) is 5.97. The van der Waals surface area contributed by atoms with Gasteiger partial charge in [0.05, 0.1) is 12.1 Å². The van der Waals surface area contributed by atoms with Crippen molar-refractivity contribution < 1.29 is 9.59 Å². The number of anilines is 1. The Labute approximate surface area is 147 Å². The van der Waals surface area contributed by atoms with Crippen LogP contribution >= 0.6 is 34.2 Å². The lowest BCUT2D eigenvalue weighted by Gasteiger charge is -2.10. The standard InChI is InChI=1S/C16H14ClIN2O2/c1-10-8-11(17)6-7-14(10)20-15(21)9-19-16(22)12-4-2-3-5-13(12)18/h2-8H,9H2,1H3,(H,19,22)(H,20,21). The summed E-state index contributed by atoms with van der Waals surface area (Å²) in [4.78, 5) is 23.9. The maximum absolute atomic E-state index is 12.0. The third kappa shape index (κ3) is 4.45. The minimum absolute atomic E-state index is 0.0914. The van der Waals surface area contributed by atoms with Gasteiger partial charge in [-0.2, -0.15) is 0 Å². The van der Waals surface area contributed by atoms with Gasteiger partial charge < -0.3 is 10.6 Å². The van der Waals surface area contributed by atoms with E-state index in [0.717, 1.165) is 9.13 Å². The molecule has 6 heteroatoms. The summed E-state index contributed by atoms with van der Waals surface area (Å²) in [6.07, 6.45) is 0. The van der Waals surface area contributed by atoms with Gasteiger partial charge in [-0.3, -0.25) is 9.59 Å². The number of halogens is 2. The lowest BCUT2D eigenvalue weighted by atomic mass is 10.2. The maximum Gasteiger partial charge on any atom is 0.252 e. The first-order valence-electron chi connectivity index (χ1n) is 6.56. The molecule has 0 atom stereocenters. The smallest absolute Gasteiger partial charge is 0.252 e. The molecule has 2 amide bonds. The van der Waals surface area contributed by atoms with Crippen molar-refractivity contribution in [2.45, 2.75) is 6.92 Å². The molecule has 0 spiro atoms. The number of hydrogen-bond donors (Lipinski definition) is 2. The second-order valence-corrected chi connectivity index (χ2v) is 6.27. The Morgan fingerprint density at radius 1 is 1.18 bits per heavy atom. The average molecular weight is 429 g/mol. The van der Waals surface area contributed by atoms with E-state index in [0.29, 0.717) is 16.3 Å². The molecule has 0 unspecified atom stereocenters. The molecule has 4 nitrogen and oxygen atoms in total. The molecule has 2 aromatic carbocycles. The Bertz CT molecular complexity index is 719. The number of rotatable bonds is 4. The Balaban J connectivity index is 1.93. The van der Waals surface area contributed by atoms with E-state index >= 15 is 0 Å². The predicted octanol–water partition coefficient (Wildman–Crippen LogP) is 3.62. The van der Waals surface area contributed by atoms with E-state index in [1.54, 1.807) is 30.3 Å². The number of benzene rings is 2. The van der Waals surface area contributed by atoms with Crippen LogP contribution in [0.15, 0.2) is 42.5 Å². The fraction of sp³-hybridized carbons (Fsp3) is 0.125. The Morgan fingerprint density at radius 2 is 1.91 bits per heavy atom. The minimum atomic E-state index is -0.287. The molecule has 0 heterocycles. The normalized spacial score (nSPS) is 10.1. The van der Waals surface area contributed by atoms with E-state index in [2.05, 4.69) is 33.2 Å². The second kappa shape index (κ2) is 7.60. The first kappa shape index (κ1) is 16.8. The van der Waals surface area contributed by atoms with Gasteiger partial charge in [0.15, 0.2) is 0 Å². The molecule has 114 valence electrons. The van der Waals surface area contributed by atoms with Gasteiger partial charge in [-0.1, -0.05) is 23.7 Å². The summed E-state index contributed by atoms with van der Waals surface area (Å²) < 4.78 is 0.839. The molecule has 0 bridgehead atoms. The van der Waals surface area contributed by atoms with Crippen molar-refractivity contribution in [3.63, 3.8) is 0 Å². The third-order valence-corrected chi connectivity index (χ3v) is 4.17. The van der Waals surface area contributed by atoms with E-state index in [1.807, 2.05) is 19.1 Å².